The summed E-state index contributed by atoms with van der Waals surface area (Å²) in [5.74, 6) is 2.80. The zero-order valence-electron chi connectivity index (χ0n) is 14.7. The highest BCUT2D eigenvalue weighted by atomic mass is 127. The van der Waals surface area contributed by atoms with Crippen LogP contribution in [0.25, 0.3) is 0 Å². The van der Waals surface area contributed by atoms with E-state index >= 15 is 0 Å². The topological polar surface area (TPSA) is 45.7 Å². The molecule has 0 amide bonds. The summed E-state index contributed by atoms with van der Waals surface area (Å²) in [6.45, 7) is 6.41. The molecule has 0 aromatic heterocycles. The van der Waals surface area contributed by atoms with Gasteiger partial charge in [0, 0.05) is 13.1 Å². The van der Waals surface area contributed by atoms with Gasteiger partial charge in [0.2, 0.25) is 0 Å². The predicted octanol–water partition coefficient (Wildman–Crippen LogP) is 3.70. The second kappa shape index (κ2) is 9.44. The summed E-state index contributed by atoms with van der Waals surface area (Å²) < 4.78 is 5.93. The highest BCUT2D eigenvalue weighted by molar-refractivity contribution is 14.0. The molecule has 2 saturated heterocycles. The van der Waals surface area contributed by atoms with Gasteiger partial charge in [-0.05, 0) is 50.9 Å². The molecule has 2 aliphatic heterocycles. The van der Waals surface area contributed by atoms with Crippen molar-refractivity contribution in [1.29, 1.82) is 0 Å². The van der Waals surface area contributed by atoms with E-state index in [2.05, 4.69) is 24.5 Å². The standard InChI is InChI=1S/C18H33N3O.HI/c1-3-19-18(21-16-12-15-7-8-17(16)22-15)20-10-9-14-6-4-5-13(2)11-14;/h13-17H,3-12H2,1-2H3,(H2,19,20,21);1H. The number of nitrogens with one attached hydrogen (secondary N) is 2. The van der Waals surface area contributed by atoms with Crippen LogP contribution in [0.15, 0.2) is 4.99 Å². The molecule has 0 aromatic carbocycles. The number of rotatable bonds is 5. The van der Waals surface area contributed by atoms with Crippen LogP contribution in [0.1, 0.15) is 65.2 Å². The van der Waals surface area contributed by atoms with Gasteiger partial charge in [-0.1, -0.05) is 26.2 Å². The number of aliphatic imine (C=N–C) groups is 1. The maximum absolute atomic E-state index is 5.93. The zero-order valence-corrected chi connectivity index (χ0v) is 17.1. The molecule has 0 spiro atoms. The first-order chi connectivity index (χ1) is 10.7. The van der Waals surface area contributed by atoms with Crippen molar-refractivity contribution in [3.63, 3.8) is 0 Å². The highest BCUT2D eigenvalue weighted by Gasteiger charge is 2.41. The molecule has 3 fully saturated rings. The van der Waals surface area contributed by atoms with Crippen molar-refractivity contribution in [1.82, 2.24) is 10.6 Å². The highest BCUT2D eigenvalue weighted by Crippen LogP contribution is 2.34. The monoisotopic (exact) mass is 435 g/mol. The maximum atomic E-state index is 5.93. The number of hydrogen-bond acceptors (Lipinski definition) is 2. The number of ether oxygens (including phenoxy) is 1. The predicted molar refractivity (Wildman–Crippen MR) is 107 cm³/mol. The molecule has 2 heterocycles. The molecule has 1 saturated carbocycles. The summed E-state index contributed by atoms with van der Waals surface area (Å²) in [5, 5.41) is 7.01. The van der Waals surface area contributed by atoms with Gasteiger partial charge in [0.05, 0.1) is 18.2 Å². The van der Waals surface area contributed by atoms with Crippen molar-refractivity contribution in [3.05, 3.63) is 0 Å². The minimum atomic E-state index is 0. The Morgan fingerprint density at radius 2 is 2.04 bits per heavy atom. The SMILES string of the molecule is CCNC(=NCCC1CCCC(C)C1)NC1CC2CCC1O2.I. The fraction of sp³-hybridized carbons (Fsp3) is 0.944. The van der Waals surface area contributed by atoms with Crippen LogP contribution in [-0.2, 0) is 4.74 Å². The first-order valence-electron chi connectivity index (χ1n) is 9.45. The quantitative estimate of drug-likeness (QED) is 0.393. The summed E-state index contributed by atoms with van der Waals surface area (Å²) in [6.07, 6.45) is 11.4. The fourth-order valence-corrected chi connectivity index (χ4v) is 4.47. The van der Waals surface area contributed by atoms with Gasteiger partial charge < -0.3 is 15.4 Å². The Kier molecular flexibility index (Phi) is 7.92. The number of guanidine groups is 1. The van der Waals surface area contributed by atoms with E-state index in [1.54, 1.807) is 0 Å². The molecule has 134 valence electrons. The van der Waals surface area contributed by atoms with E-state index in [1.165, 1.54) is 44.9 Å². The lowest BCUT2D eigenvalue weighted by molar-refractivity contribution is 0.0992. The summed E-state index contributed by atoms with van der Waals surface area (Å²) >= 11 is 0. The molecule has 2 bridgehead atoms. The van der Waals surface area contributed by atoms with E-state index in [0.29, 0.717) is 18.2 Å². The summed E-state index contributed by atoms with van der Waals surface area (Å²) in [7, 11) is 0. The van der Waals surface area contributed by atoms with Crippen molar-refractivity contribution in [3.8, 4) is 0 Å². The van der Waals surface area contributed by atoms with E-state index < -0.39 is 0 Å². The fourth-order valence-electron chi connectivity index (χ4n) is 4.47. The molecule has 0 aromatic rings. The van der Waals surface area contributed by atoms with Crippen LogP contribution in [0, 0.1) is 11.8 Å². The second-order valence-corrected chi connectivity index (χ2v) is 7.55. The minimum Gasteiger partial charge on any atom is -0.373 e. The number of halogens is 1. The van der Waals surface area contributed by atoms with E-state index in [-0.39, 0.29) is 24.0 Å². The normalized spacial score (nSPS) is 36.6. The molecule has 1 aliphatic carbocycles. The Bertz CT molecular complexity index is 390. The van der Waals surface area contributed by atoms with Gasteiger partial charge in [-0.2, -0.15) is 0 Å². The van der Waals surface area contributed by atoms with Crippen molar-refractivity contribution in [2.24, 2.45) is 16.8 Å². The van der Waals surface area contributed by atoms with Crippen LogP contribution in [-0.4, -0.2) is 37.3 Å². The lowest BCUT2D eigenvalue weighted by Crippen LogP contribution is -2.47. The molecule has 4 nitrogen and oxygen atoms in total. The number of nitrogens with zero attached hydrogens (tertiary/aromatic N) is 1. The zero-order chi connectivity index (χ0) is 15.4. The summed E-state index contributed by atoms with van der Waals surface area (Å²) in [5.41, 5.74) is 0. The van der Waals surface area contributed by atoms with Crippen LogP contribution in [0.2, 0.25) is 0 Å². The van der Waals surface area contributed by atoms with Gasteiger partial charge in [0.1, 0.15) is 0 Å². The van der Waals surface area contributed by atoms with E-state index in [1.807, 2.05) is 0 Å². The Balaban J connectivity index is 0.00000192. The van der Waals surface area contributed by atoms with Crippen molar-refractivity contribution in [2.45, 2.75) is 83.5 Å². The van der Waals surface area contributed by atoms with Crippen LogP contribution in [0.3, 0.4) is 0 Å². The van der Waals surface area contributed by atoms with Gasteiger partial charge in [-0.25, -0.2) is 0 Å². The molecule has 2 N–H and O–H groups in total. The van der Waals surface area contributed by atoms with E-state index in [0.717, 1.165) is 37.3 Å². The Labute approximate surface area is 158 Å². The van der Waals surface area contributed by atoms with Crippen LogP contribution in [0.5, 0.6) is 0 Å². The van der Waals surface area contributed by atoms with Crippen molar-refractivity contribution in [2.75, 3.05) is 13.1 Å². The molecule has 23 heavy (non-hydrogen) atoms. The van der Waals surface area contributed by atoms with Crippen LogP contribution < -0.4 is 10.6 Å². The third-order valence-electron chi connectivity index (χ3n) is 5.62. The third kappa shape index (κ3) is 5.48. The van der Waals surface area contributed by atoms with E-state index in [9.17, 15) is 0 Å². The average molecular weight is 435 g/mol. The molecule has 3 rings (SSSR count). The molecule has 0 radical (unpaired) electrons. The van der Waals surface area contributed by atoms with Gasteiger partial charge in [-0.15, -0.1) is 24.0 Å². The summed E-state index contributed by atoms with van der Waals surface area (Å²) in [6, 6.07) is 0.464. The van der Waals surface area contributed by atoms with E-state index in [4.69, 9.17) is 9.73 Å². The van der Waals surface area contributed by atoms with Gasteiger partial charge in [-0.3, -0.25) is 4.99 Å². The van der Waals surface area contributed by atoms with Crippen LogP contribution >= 0.6 is 24.0 Å². The van der Waals surface area contributed by atoms with Gasteiger partial charge >= 0.3 is 0 Å². The first kappa shape index (κ1) is 19.3. The lowest BCUT2D eigenvalue weighted by atomic mass is 9.81. The number of hydrogen-bond donors (Lipinski definition) is 2. The van der Waals surface area contributed by atoms with Gasteiger partial charge in [0.15, 0.2) is 5.96 Å². The summed E-state index contributed by atoms with van der Waals surface area (Å²) in [4.78, 5) is 4.82. The van der Waals surface area contributed by atoms with Crippen molar-refractivity contribution >= 4 is 29.9 Å². The molecule has 5 heteroatoms. The molecule has 5 unspecified atom stereocenters. The average Bonchev–Trinajstić information content (AvgIpc) is 3.10. The minimum absolute atomic E-state index is 0. The van der Waals surface area contributed by atoms with Crippen molar-refractivity contribution < 1.29 is 4.74 Å². The molecule has 3 aliphatic rings. The van der Waals surface area contributed by atoms with Gasteiger partial charge in [0.25, 0.3) is 0 Å². The number of fused-ring (bicyclic) bond motifs is 2. The lowest BCUT2D eigenvalue weighted by Gasteiger charge is -2.26. The Morgan fingerprint density at radius 3 is 2.70 bits per heavy atom. The molecular weight excluding hydrogens is 401 g/mol. The molecular formula is C18H34IN3O. The first-order valence-corrected chi connectivity index (χ1v) is 9.45. The third-order valence-corrected chi connectivity index (χ3v) is 5.62. The molecule has 5 atom stereocenters. The maximum Gasteiger partial charge on any atom is 0.191 e. The van der Waals surface area contributed by atoms with Crippen LogP contribution in [0.4, 0.5) is 0 Å². The second-order valence-electron chi connectivity index (χ2n) is 7.55. The Morgan fingerprint density at radius 1 is 1.17 bits per heavy atom. The largest absolute Gasteiger partial charge is 0.373 e. The Hall–Kier alpha value is -0.0400. The smallest absolute Gasteiger partial charge is 0.191 e.